The van der Waals surface area contributed by atoms with E-state index in [0.29, 0.717) is 0 Å². The van der Waals surface area contributed by atoms with Crippen molar-refractivity contribution in [3.8, 4) is 5.75 Å². The number of hydrogen-bond donors (Lipinski definition) is 0. The van der Waals surface area contributed by atoms with Gasteiger partial charge >= 0.3 is 255 Å². The molecule has 5 heteroatoms. The van der Waals surface area contributed by atoms with Crippen LogP contribution in [0.3, 0.4) is 0 Å². The Morgan fingerprint density at radius 3 is 1.50 bits per heavy atom. The molecule has 0 atom stereocenters. The molecule has 0 saturated heterocycles. The van der Waals surface area contributed by atoms with E-state index < -0.39 is 55.3 Å². The van der Waals surface area contributed by atoms with E-state index in [9.17, 15) is 0 Å². The van der Waals surface area contributed by atoms with Gasteiger partial charge in [0.2, 0.25) is 0 Å². The van der Waals surface area contributed by atoms with Crippen LogP contribution in [0, 0.1) is 38.0 Å². The first-order chi connectivity index (χ1) is 17.1. The van der Waals surface area contributed by atoms with Crippen LogP contribution < -0.4 is 9.92 Å². The average Bonchev–Trinajstić information content (AvgIpc) is 2.93. The van der Waals surface area contributed by atoms with Crippen molar-refractivity contribution in [3.05, 3.63) is 45.6 Å². The summed E-state index contributed by atoms with van der Waals surface area (Å²) in [7, 11) is -2.82. The Bertz CT molecular complexity index is 1050. The van der Waals surface area contributed by atoms with Gasteiger partial charge in [0.25, 0.3) is 0 Å². The van der Waals surface area contributed by atoms with E-state index in [-0.39, 0.29) is 6.67 Å². The summed E-state index contributed by atoms with van der Waals surface area (Å²) >= 11 is -0.889. The van der Waals surface area contributed by atoms with Crippen LogP contribution in [-0.4, -0.2) is 31.3 Å². The molecule has 38 heavy (non-hydrogen) atoms. The van der Waals surface area contributed by atoms with Crippen LogP contribution in [0.15, 0.2) is 34.4 Å². The molecule has 226 valence electrons. The summed E-state index contributed by atoms with van der Waals surface area (Å²) in [6.45, 7) is 40.3. The van der Waals surface area contributed by atoms with Gasteiger partial charge in [-0.3, -0.25) is 0 Å². The fraction of sp³-hybridized carbons (Fsp3) is 0.697. The minimum atomic E-state index is -2.16. The molecule has 0 spiro atoms. The van der Waals surface area contributed by atoms with E-state index in [1.165, 1.54) is 33.5 Å². The molecular formula is C33H61LuOSi3. The van der Waals surface area contributed by atoms with E-state index >= 15 is 0 Å². The fourth-order valence-corrected chi connectivity index (χ4v) is 41.6. The summed E-state index contributed by atoms with van der Waals surface area (Å²) in [5, 5.41) is 1.62. The molecule has 1 aliphatic rings. The van der Waals surface area contributed by atoms with Gasteiger partial charge in [-0.25, -0.2) is 0 Å². The Hall–Kier alpha value is 0.384. The maximum atomic E-state index is 6.51. The first-order valence-corrected chi connectivity index (χ1v) is 27.6. The van der Waals surface area contributed by atoms with Gasteiger partial charge in [0.15, 0.2) is 0 Å². The summed E-state index contributed by atoms with van der Waals surface area (Å²) in [6, 6.07) is 7.54. The topological polar surface area (TPSA) is 9.23 Å². The zero-order chi connectivity index (χ0) is 29.6. The van der Waals surface area contributed by atoms with Crippen molar-refractivity contribution in [2.75, 3.05) is 7.11 Å². The summed E-state index contributed by atoms with van der Waals surface area (Å²) < 4.78 is 9.79. The van der Waals surface area contributed by atoms with E-state index in [2.05, 4.69) is 121 Å². The van der Waals surface area contributed by atoms with Gasteiger partial charge in [0.1, 0.15) is 0 Å². The van der Waals surface area contributed by atoms with Crippen molar-refractivity contribution in [1.82, 2.24) is 0 Å². The van der Waals surface area contributed by atoms with Gasteiger partial charge in [-0.15, -0.1) is 0 Å². The minimum absolute atomic E-state index is 0.0450. The number of rotatable bonds is 10. The molecule has 0 amide bonds. The number of hydrogen-bond acceptors (Lipinski definition) is 1. The zero-order valence-corrected chi connectivity index (χ0v) is 32.8. The molecule has 0 bridgehead atoms. The van der Waals surface area contributed by atoms with Gasteiger partial charge < -0.3 is 0 Å². The molecule has 2 rings (SSSR count). The molecule has 0 unspecified atom stereocenters. The van der Waals surface area contributed by atoms with Crippen molar-refractivity contribution in [2.45, 2.75) is 132 Å². The quantitative estimate of drug-likeness (QED) is 0.218. The van der Waals surface area contributed by atoms with Crippen molar-refractivity contribution < 1.29 is 35.9 Å². The Kier molecular flexibility index (Phi) is 10.9. The molecule has 0 heterocycles. The first-order valence-electron chi connectivity index (χ1n) is 14.6. The maximum absolute atomic E-state index is 6.51. The van der Waals surface area contributed by atoms with Crippen LogP contribution in [0.25, 0.3) is 0 Å². The molecule has 1 aliphatic carbocycles. The van der Waals surface area contributed by atoms with Gasteiger partial charge in [-0.05, 0) is 0 Å². The Balaban J connectivity index is 3.24. The SMILES string of the molecule is CC[Si](CC)(c1cc(C)cc(C(C)(C)C)c1OC)[C]1([Lu]([CH2][Si](C)(C)C)[CH2][Si](C)(C)C)C(C)=C(C)C(C)=C1C. The van der Waals surface area contributed by atoms with E-state index in [1.807, 2.05) is 7.11 Å². The zero-order valence-electron chi connectivity index (χ0n) is 28.1. The van der Waals surface area contributed by atoms with Crippen LogP contribution in [0.2, 0.25) is 57.2 Å². The molecule has 0 aromatic heterocycles. The van der Waals surface area contributed by atoms with Crippen LogP contribution in [-0.2, 0) is 5.41 Å². The van der Waals surface area contributed by atoms with Crippen molar-refractivity contribution >= 4 is 29.4 Å². The van der Waals surface area contributed by atoms with E-state index in [4.69, 9.17) is 4.74 Å². The standard InChI is InChI=1S/C25H39OSi.2C4H11Si.Lu/c1-12-27(13-2,24-19(6)17(4)18(5)20(24)7)22-15-16(3)14-21(23(22)26-11)25(8,9)10;2*1-5(2,3)4;/h14-15H,12-13H2,1-11H3;2*1H2,2-4H3;. The number of benzene rings is 1. The second-order valence-electron chi connectivity index (χ2n) is 15.1. The second kappa shape index (κ2) is 11.9. The molecular weight excluding hydrogens is 672 g/mol. The van der Waals surface area contributed by atoms with Crippen LogP contribution >= 0.6 is 0 Å². The molecule has 0 fully saturated rings. The molecule has 0 radical (unpaired) electrons. The van der Waals surface area contributed by atoms with Gasteiger partial charge in [0, 0.05) is 0 Å². The van der Waals surface area contributed by atoms with Gasteiger partial charge in [-0.2, -0.15) is 0 Å². The fourth-order valence-electron chi connectivity index (χ4n) is 6.46. The van der Waals surface area contributed by atoms with Crippen LogP contribution in [0.4, 0.5) is 0 Å². The molecule has 0 aliphatic heterocycles. The van der Waals surface area contributed by atoms with E-state index in [1.54, 1.807) is 27.5 Å². The average molecular weight is 733 g/mol. The molecule has 1 aromatic carbocycles. The van der Waals surface area contributed by atoms with Crippen molar-refractivity contribution in [2.24, 2.45) is 0 Å². The third-order valence-electron chi connectivity index (χ3n) is 8.24. The van der Waals surface area contributed by atoms with E-state index in [0.717, 1.165) is 0 Å². The summed E-state index contributed by atoms with van der Waals surface area (Å²) in [6.07, 6.45) is 0. The van der Waals surface area contributed by atoms with Gasteiger partial charge in [-0.1, -0.05) is 0 Å². The number of allylic oxidation sites excluding steroid dienone is 4. The summed E-state index contributed by atoms with van der Waals surface area (Å²) in [4.78, 5) is 0. The molecule has 1 aromatic rings. The Morgan fingerprint density at radius 2 is 1.18 bits per heavy atom. The molecule has 1 nitrogen and oxygen atoms in total. The Labute approximate surface area is 253 Å². The number of ether oxygens (including phenoxy) is 1. The van der Waals surface area contributed by atoms with Crippen LogP contribution in [0.1, 0.15) is 73.4 Å². The van der Waals surface area contributed by atoms with Gasteiger partial charge in [0.05, 0.1) is 0 Å². The predicted molar refractivity (Wildman–Crippen MR) is 179 cm³/mol. The molecule has 0 N–H and O–H groups in total. The van der Waals surface area contributed by atoms with Crippen LogP contribution in [0.5, 0.6) is 5.75 Å². The summed E-state index contributed by atoms with van der Waals surface area (Å²) in [5.41, 5.74) is 9.53. The Morgan fingerprint density at radius 1 is 0.763 bits per heavy atom. The predicted octanol–water partition coefficient (Wildman–Crippen LogP) is 10.6. The van der Waals surface area contributed by atoms with Crippen molar-refractivity contribution in [3.63, 3.8) is 0 Å². The molecule has 0 saturated carbocycles. The first kappa shape index (κ1) is 34.6. The number of methoxy groups -OCH3 is 1. The monoisotopic (exact) mass is 732 g/mol. The normalized spacial score (nSPS) is 17.4. The second-order valence-corrected chi connectivity index (χ2v) is 38.1. The third-order valence-corrected chi connectivity index (χ3v) is 37.1. The van der Waals surface area contributed by atoms with Crippen molar-refractivity contribution in [1.29, 1.82) is 0 Å². The third kappa shape index (κ3) is 6.25. The number of aryl methyl sites for hydroxylation is 1. The summed E-state index contributed by atoms with van der Waals surface area (Å²) in [5.74, 6) is 1.21.